The number of hydrogen-bond acceptors (Lipinski definition) is 2. The molecule has 21 heavy (non-hydrogen) atoms. The second kappa shape index (κ2) is 7.42. The number of aryl methyl sites for hydroxylation is 1. The highest BCUT2D eigenvalue weighted by Gasteiger charge is 2.29. The van der Waals surface area contributed by atoms with Gasteiger partial charge in [-0.2, -0.15) is 0 Å². The SMILES string of the molecule is CC1CNC(C)CCN(C(C)(C)CCc2ccccc2)C1. The van der Waals surface area contributed by atoms with Crippen LogP contribution in [0.15, 0.2) is 30.3 Å². The standard InChI is InChI=1S/C19H32N2/c1-16-14-20-17(2)11-13-21(15-16)19(3,4)12-10-18-8-6-5-7-9-18/h5-9,16-17,20H,10-15H2,1-4H3. The van der Waals surface area contributed by atoms with Gasteiger partial charge in [0.05, 0.1) is 0 Å². The lowest BCUT2D eigenvalue weighted by Gasteiger charge is -2.42. The van der Waals surface area contributed by atoms with Gasteiger partial charge in [-0.1, -0.05) is 37.3 Å². The summed E-state index contributed by atoms with van der Waals surface area (Å²) in [6.45, 7) is 13.1. The molecule has 2 nitrogen and oxygen atoms in total. The first-order chi connectivity index (χ1) is 9.97. The summed E-state index contributed by atoms with van der Waals surface area (Å²) in [5.41, 5.74) is 1.74. The third kappa shape index (κ3) is 5.12. The summed E-state index contributed by atoms with van der Waals surface area (Å²) < 4.78 is 0. The molecule has 1 aliphatic rings. The molecule has 1 N–H and O–H groups in total. The molecule has 1 aliphatic heterocycles. The Labute approximate surface area is 130 Å². The van der Waals surface area contributed by atoms with Crippen molar-refractivity contribution in [2.45, 2.75) is 58.5 Å². The molecule has 2 rings (SSSR count). The topological polar surface area (TPSA) is 15.3 Å². The largest absolute Gasteiger partial charge is 0.314 e. The Kier molecular flexibility index (Phi) is 5.83. The van der Waals surface area contributed by atoms with Crippen molar-refractivity contribution >= 4 is 0 Å². The van der Waals surface area contributed by atoms with E-state index in [4.69, 9.17) is 0 Å². The number of rotatable bonds is 4. The molecule has 0 saturated carbocycles. The van der Waals surface area contributed by atoms with E-state index in [1.165, 1.54) is 37.9 Å². The third-order valence-corrected chi connectivity index (χ3v) is 4.90. The predicted molar refractivity (Wildman–Crippen MR) is 91.7 cm³/mol. The first-order valence-corrected chi connectivity index (χ1v) is 8.50. The highest BCUT2D eigenvalue weighted by molar-refractivity contribution is 5.15. The molecule has 1 fully saturated rings. The third-order valence-electron chi connectivity index (χ3n) is 4.90. The summed E-state index contributed by atoms with van der Waals surface area (Å²) in [7, 11) is 0. The van der Waals surface area contributed by atoms with Gasteiger partial charge in [-0.3, -0.25) is 4.90 Å². The van der Waals surface area contributed by atoms with E-state index < -0.39 is 0 Å². The van der Waals surface area contributed by atoms with Gasteiger partial charge < -0.3 is 5.32 Å². The fraction of sp³-hybridized carbons (Fsp3) is 0.684. The molecule has 1 saturated heterocycles. The molecule has 118 valence electrons. The summed E-state index contributed by atoms with van der Waals surface area (Å²) in [6, 6.07) is 11.5. The molecule has 0 aliphatic carbocycles. The van der Waals surface area contributed by atoms with E-state index >= 15 is 0 Å². The number of hydrogen-bond donors (Lipinski definition) is 1. The zero-order valence-corrected chi connectivity index (χ0v) is 14.2. The molecular weight excluding hydrogens is 256 g/mol. The van der Waals surface area contributed by atoms with Crippen molar-refractivity contribution in [2.24, 2.45) is 5.92 Å². The Bertz CT molecular complexity index is 413. The van der Waals surface area contributed by atoms with Crippen molar-refractivity contribution < 1.29 is 0 Å². The summed E-state index contributed by atoms with van der Waals surface area (Å²) in [5.74, 6) is 0.726. The summed E-state index contributed by atoms with van der Waals surface area (Å²) >= 11 is 0. The van der Waals surface area contributed by atoms with Crippen LogP contribution in [-0.2, 0) is 6.42 Å². The highest BCUT2D eigenvalue weighted by Crippen LogP contribution is 2.24. The summed E-state index contributed by atoms with van der Waals surface area (Å²) in [5, 5.41) is 3.64. The lowest BCUT2D eigenvalue weighted by molar-refractivity contribution is 0.0797. The second-order valence-electron chi connectivity index (χ2n) is 7.45. The predicted octanol–water partition coefficient (Wildman–Crippen LogP) is 3.72. The average molecular weight is 288 g/mol. The van der Waals surface area contributed by atoms with E-state index in [-0.39, 0.29) is 5.54 Å². The van der Waals surface area contributed by atoms with Gasteiger partial charge in [-0.15, -0.1) is 0 Å². The lowest BCUT2D eigenvalue weighted by atomic mass is 9.91. The lowest BCUT2D eigenvalue weighted by Crippen LogP contribution is -2.51. The Hall–Kier alpha value is -0.860. The molecular formula is C19H32N2. The molecule has 0 radical (unpaired) electrons. The van der Waals surface area contributed by atoms with Crippen molar-refractivity contribution in [3.8, 4) is 0 Å². The monoisotopic (exact) mass is 288 g/mol. The van der Waals surface area contributed by atoms with Gasteiger partial charge in [0.15, 0.2) is 0 Å². The smallest absolute Gasteiger partial charge is 0.0156 e. The van der Waals surface area contributed by atoms with Crippen molar-refractivity contribution in [3.63, 3.8) is 0 Å². The van der Waals surface area contributed by atoms with E-state index in [9.17, 15) is 0 Å². The van der Waals surface area contributed by atoms with Gasteiger partial charge in [0.25, 0.3) is 0 Å². The summed E-state index contributed by atoms with van der Waals surface area (Å²) in [4.78, 5) is 2.72. The van der Waals surface area contributed by atoms with Crippen LogP contribution in [0.2, 0.25) is 0 Å². The van der Waals surface area contributed by atoms with E-state index in [0.717, 1.165) is 12.5 Å². The van der Waals surface area contributed by atoms with Crippen molar-refractivity contribution in [3.05, 3.63) is 35.9 Å². The van der Waals surface area contributed by atoms with Crippen molar-refractivity contribution in [2.75, 3.05) is 19.6 Å². The molecule has 1 aromatic carbocycles. The minimum absolute atomic E-state index is 0.279. The normalized spacial score (nSPS) is 25.3. The number of benzene rings is 1. The first-order valence-electron chi connectivity index (χ1n) is 8.50. The van der Waals surface area contributed by atoms with Crippen LogP contribution in [0.25, 0.3) is 0 Å². The second-order valence-corrected chi connectivity index (χ2v) is 7.45. The van der Waals surface area contributed by atoms with E-state index in [0.29, 0.717) is 6.04 Å². The Balaban J connectivity index is 1.95. The van der Waals surface area contributed by atoms with Crippen molar-refractivity contribution in [1.82, 2.24) is 10.2 Å². The summed E-state index contributed by atoms with van der Waals surface area (Å²) in [6.07, 6.45) is 3.65. The fourth-order valence-corrected chi connectivity index (χ4v) is 3.19. The quantitative estimate of drug-likeness (QED) is 0.908. The van der Waals surface area contributed by atoms with Gasteiger partial charge in [0.1, 0.15) is 0 Å². The molecule has 0 bridgehead atoms. The van der Waals surface area contributed by atoms with Crippen LogP contribution in [0.4, 0.5) is 0 Å². The van der Waals surface area contributed by atoms with Crippen LogP contribution in [0, 0.1) is 5.92 Å². The molecule has 2 heteroatoms. The zero-order valence-electron chi connectivity index (χ0n) is 14.2. The average Bonchev–Trinajstić information content (AvgIpc) is 2.46. The maximum absolute atomic E-state index is 3.64. The minimum Gasteiger partial charge on any atom is -0.314 e. The van der Waals surface area contributed by atoms with Gasteiger partial charge in [-0.25, -0.2) is 0 Å². The minimum atomic E-state index is 0.279. The fourth-order valence-electron chi connectivity index (χ4n) is 3.19. The number of nitrogens with one attached hydrogen (secondary N) is 1. The molecule has 2 atom stereocenters. The maximum Gasteiger partial charge on any atom is 0.0156 e. The van der Waals surface area contributed by atoms with Crippen molar-refractivity contribution in [1.29, 1.82) is 0 Å². The van der Waals surface area contributed by atoms with E-state index in [1.54, 1.807) is 0 Å². The van der Waals surface area contributed by atoms with Crippen LogP contribution in [-0.4, -0.2) is 36.1 Å². The van der Waals surface area contributed by atoms with Crippen LogP contribution in [0.1, 0.15) is 46.1 Å². The highest BCUT2D eigenvalue weighted by atomic mass is 15.2. The molecule has 0 amide bonds. The van der Waals surface area contributed by atoms with Crippen LogP contribution in [0.3, 0.4) is 0 Å². The van der Waals surface area contributed by atoms with E-state index in [1.807, 2.05) is 0 Å². The van der Waals surface area contributed by atoms with Gasteiger partial charge in [-0.05, 0) is 58.1 Å². The molecule has 1 aromatic rings. The molecule has 1 heterocycles. The first kappa shape index (κ1) is 16.5. The van der Waals surface area contributed by atoms with Gasteiger partial charge in [0, 0.05) is 24.7 Å². The van der Waals surface area contributed by atoms with Crippen LogP contribution < -0.4 is 5.32 Å². The Morgan fingerprint density at radius 2 is 1.90 bits per heavy atom. The van der Waals surface area contributed by atoms with E-state index in [2.05, 4.69) is 68.2 Å². The maximum atomic E-state index is 3.64. The number of nitrogens with zero attached hydrogens (tertiary/aromatic N) is 1. The zero-order chi connectivity index (χ0) is 15.3. The van der Waals surface area contributed by atoms with Gasteiger partial charge in [0.2, 0.25) is 0 Å². The molecule has 0 spiro atoms. The van der Waals surface area contributed by atoms with Crippen LogP contribution in [0.5, 0.6) is 0 Å². The Morgan fingerprint density at radius 3 is 2.62 bits per heavy atom. The Morgan fingerprint density at radius 1 is 1.19 bits per heavy atom. The molecule has 0 aromatic heterocycles. The molecule has 2 unspecified atom stereocenters. The van der Waals surface area contributed by atoms with Crippen LogP contribution >= 0.6 is 0 Å². The van der Waals surface area contributed by atoms with Gasteiger partial charge >= 0.3 is 0 Å².